The lowest BCUT2D eigenvalue weighted by Crippen LogP contribution is -2.07. The van der Waals surface area contributed by atoms with Crippen LogP contribution in [0.15, 0.2) is 29.0 Å². The van der Waals surface area contributed by atoms with Crippen LogP contribution in [0.3, 0.4) is 0 Å². The molecule has 1 heterocycles. The monoisotopic (exact) mass is 295 g/mol. The first-order valence-corrected chi connectivity index (χ1v) is 6.08. The van der Waals surface area contributed by atoms with Gasteiger partial charge >= 0.3 is 0 Å². The van der Waals surface area contributed by atoms with Gasteiger partial charge in [-0.2, -0.15) is 5.10 Å². The third-order valence-corrected chi connectivity index (χ3v) is 2.96. The molecule has 0 atom stereocenters. The van der Waals surface area contributed by atoms with Crippen molar-refractivity contribution in [1.82, 2.24) is 14.8 Å². The first-order chi connectivity index (χ1) is 8.15. The van der Waals surface area contributed by atoms with Crippen LogP contribution in [0.2, 0.25) is 0 Å². The predicted molar refractivity (Wildman–Crippen MR) is 71.8 cm³/mol. The molecule has 2 rings (SSSR count). The zero-order chi connectivity index (χ0) is 12.3. The van der Waals surface area contributed by atoms with Crippen molar-refractivity contribution in [2.45, 2.75) is 6.42 Å². The molecule has 0 saturated heterocycles. The van der Waals surface area contributed by atoms with E-state index in [2.05, 4.69) is 31.3 Å². The molecule has 0 aliphatic carbocycles. The van der Waals surface area contributed by atoms with Crippen molar-refractivity contribution in [3.05, 3.63) is 34.8 Å². The summed E-state index contributed by atoms with van der Waals surface area (Å²) in [5.74, 6) is 0.839. The maximum Gasteiger partial charge on any atom is 0.152 e. The summed E-state index contributed by atoms with van der Waals surface area (Å²) < 4.78 is 2.67. The number of nitrogens with one attached hydrogen (secondary N) is 1. The molecule has 17 heavy (non-hydrogen) atoms. The molecule has 5 nitrogen and oxygen atoms in total. The summed E-state index contributed by atoms with van der Waals surface area (Å²) in [6, 6.07) is 5.69. The fourth-order valence-electron chi connectivity index (χ4n) is 1.48. The zero-order valence-corrected chi connectivity index (χ0v) is 11.1. The van der Waals surface area contributed by atoms with Gasteiger partial charge in [-0.1, -0.05) is 0 Å². The van der Waals surface area contributed by atoms with Crippen molar-refractivity contribution >= 4 is 27.3 Å². The van der Waals surface area contributed by atoms with E-state index in [1.807, 2.05) is 25.2 Å². The lowest BCUT2D eigenvalue weighted by atomic mass is 10.3. The maximum absolute atomic E-state index is 5.67. The minimum atomic E-state index is 0.744. The smallest absolute Gasteiger partial charge is 0.152 e. The topological polar surface area (TPSA) is 68.8 Å². The van der Waals surface area contributed by atoms with Crippen LogP contribution >= 0.6 is 15.9 Å². The van der Waals surface area contributed by atoms with Crippen LogP contribution in [0.4, 0.5) is 11.4 Å². The molecule has 0 aliphatic rings. The Labute approximate surface area is 108 Å². The number of nitrogen functional groups attached to an aromatic ring is 1. The minimum Gasteiger partial charge on any atom is -0.399 e. The maximum atomic E-state index is 5.67. The molecule has 3 N–H and O–H groups in total. The highest BCUT2D eigenvalue weighted by Crippen LogP contribution is 2.24. The van der Waals surface area contributed by atoms with Crippen LogP contribution in [0.5, 0.6) is 0 Å². The van der Waals surface area contributed by atoms with Gasteiger partial charge in [0.15, 0.2) is 5.82 Å². The number of hydrogen-bond acceptors (Lipinski definition) is 4. The Bertz CT molecular complexity index is 508. The van der Waals surface area contributed by atoms with Crippen LogP contribution in [-0.2, 0) is 13.5 Å². The van der Waals surface area contributed by atoms with Gasteiger partial charge in [-0.25, -0.2) is 4.98 Å². The summed E-state index contributed by atoms with van der Waals surface area (Å²) in [6.45, 7) is 0.784. The van der Waals surface area contributed by atoms with Crippen LogP contribution in [-0.4, -0.2) is 21.3 Å². The molecule has 0 radical (unpaired) electrons. The lowest BCUT2D eigenvalue weighted by Gasteiger charge is -2.07. The Morgan fingerprint density at radius 1 is 1.47 bits per heavy atom. The largest absolute Gasteiger partial charge is 0.399 e. The molecule has 1 aromatic carbocycles. The third kappa shape index (κ3) is 3.20. The first kappa shape index (κ1) is 11.9. The summed E-state index contributed by atoms with van der Waals surface area (Å²) >= 11 is 3.46. The number of benzene rings is 1. The summed E-state index contributed by atoms with van der Waals surface area (Å²) in [5.41, 5.74) is 7.44. The van der Waals surface area contributed by atoms with Gasteiger partial charge in [-0.3, -0.25) is 4.68 Å². The Balaban J connectivity index is 1.90. The van der Waals surface area contributed by atoms with Gasteiger partial charge in [-0.15, -0.1) is 0 Å². The second kappa shape index (κ2) is 5.18. The predicted octanol–water partition coefficient (Wildman–Crippen LogP) is 1.81. The minimum absolute atomic E-state index is 0.744. The van der Waals surface area contributed by atoms with Gasteiger partial charge in [0, 0.05) is 35.9 Å². The van der Waals surface area contributed by atoms with Gasteiger partial charge in [-0.05, 0) is 34.1 Å². The number of halogens is 1. The number of rotatable bonds is 4. The number of aryl methyl sites for hydroxylation is 1. The van der Waals surface area contributed by atoms with E-state index in [4.69, 9.17) is 5.73 Å². The fraction of sp³-hybridized carbons (Fsp3) is 0.273. The van der Waals surface area contributed by atoms with Crippen molar-refractivity contribution in [2.24, 2.45) is 7.05 Å². The van der Waals surface area contributed by atoms with E-state index in [0.717, 1.165) is 34.6 Å². The molecule has 0 saturated carbocycles. The van der Waals surface area contributed by atoms with E-state index >= 15 is 0 Å². The van der Waals surface area contributed by atoms with E-state index in [0.29, 0.717) is 0 Å². The van der Waals surface area contributed by atoms with E-state index in [-0.39, 0.29) is 0 Å². The summed E-state index contributed by atoms with van der Waals surface area (Å²) in [6.07, 6.45) is 2.49. The first-order valence-electron chi connectivity index (χ1n) is 5.28. The number of hydrogen-bond donors (Lipinski definition) is 2. The van der Waals surface area contributed by atoms with Crippen molar-refractivity contribution in [3.8, 4) is 0 Å². The number of aromatic nitrogens is 3. The zero-order valence-electron chi connectivity index (χ0n) is 9.52. The van der Waals surface area contributed by atoms with Crippen LogP contribution in [0.25, 0.3) is 0 Å². The average Bonchev–Trinajstić information content (AvgIpc) is 2.68. The van der Waals surface area contributed by atoms with E-state index in [9.17, 15) is 0 Å². The highest BCUT2D eigenvalue weighted by molar-refractivity contribution is 9.10. The van der Waals surface area contributed by atoms with Gasteiger partial charge in [0.1, 0.15) is 6.33 Å². The number of nitrogens with two attached hydrogens (primary N) is 1. The van der Waals surface area contributed by atoms with Crippen molar-refractivity contribution in [2.75, 3.05) is 17.6 Å². The quantitative estimate of drug-likeness (QED) is 0.844. The molecule has 6 heteroatoms. The van der Waals surface area contributed by atoms with Crippen LogP contribution in [0.1, 0.15) is 5.82 Å². The molecular formula is C11H14BrN5. The number of anilines is 2. The number of nitrogens with zero attached hydrogens (tertiary/aromatic N) is 3. The SMILES string of the molecule is Cn1cnc(CCNc2ccc(N)cc2Br)n1. The van der Waals surface area contributed by atoms with Crippen molar-refractivity contribution < 1.29 is 0 Å². The lowest BCUT2D eigenvalue weighted by molar-refractivity contribution is 0.742. The molecule has 90 valence electrons. The molecular weight excluding hydrogens is 282 g/mol. The average molecular weight is 296 g/mol. The molecule has 0 bridgehead atoms. The molecule has 0 aliphatic heterocycles. The second-order valence-corrected chi connectivity index (χ2v) is 4.60. The molecule has 0 spiro atoms. The van der Waals surface area contributed by atoms with Crippen molar-refractivity contribution in [1.29, 1.82) is 0 Å². The van der Waals surface area contributed by atoms with Gasteiger partial charge in [0.2, 0.25) is 0 Å². The highest BCUT2D eigenvalue weighted by atomic mass is 79.9. The Morgan fingerprint density at radius 2 is 2.29 bits per heavy atom. The van der Waals surface area contributed by atoms with Gasteiger partial charge < -0.3 is 11.1 Å². The van der Waals surface area contributed by atoms with E-state index in [1.165, 1.54) is 0 Å². The van der Waals surface area contributed by atoms with Crippen LogP contribution < -0.4 is 11.1 Å². The Hall–Kier alpha value is -1.56. The molecule has 0 fully saturated rings. The summed E-state index contributed by atoms with van der Waals surface area (Å²) in [4.78, 5) is 4.16. The van der Waals surface area contributed by atoms with Gasteiger partial charge in [0.05, 0.1) is 0 Å². The molecule has 2 aromatic rings. The van der Waals surface area contributed by atoms with E-state index in [1.54, 1.807) is 11.0 Å². The van der Waals surface area contributed by atoms with Gasteiger partial charge in [0.25, 0.3) is 0 Å². The molecule has 1 aromatic heterocycles. The van der Waals surface area contributed by atoms with Crippen LogP contribution in [0, 0.1) is 0 Å². The molecule has 0 amide bonds. The third-order valence-electron chi connectivity index (χ3n) is 2.30. The Kier molecular flexibility index (Phi) is 3.63. The van der Waals surface area contributed by atoms with Crippen molar-refractivity contribution in [3.63, 3.8) is 0 Å². The van der Waals surface area contributed by atoms with E-state index < -0.39 is 0 Å². The molecule has 0 unspecified atom stereocenters. The second-order valence-electron chi connectivity index (χ2n) is 3.75. The normalized spacial score (nSPS) is 10.5. The highest BCUT2D eigenvalue weighted by Gasteiger charge is 2.01. The summed E-state index contributed by atoms with van der Waals surface area (Å²) in [5, 5.41) is 7.52. The standard InChI is InChI=1S/C11H14BrN5/c1-17-7-15-11(16-17)4-5-14-10-3-2-8(13)6-9(10)12/h2-3,6-7,14H,4-5,13H2,1H3. The Morgan fingerprint density at radius 3 is 2.94 bits per heavy atom. The fourth-order valence-corrected chi connectivity index (χ4v) is 2.02. The summed E-state index contributed by atoms with van der Waals surface area (Å²) in [7, 11) is 1.86.